The Hall–Kier alpha value is -0.0900. The molecule has 0 aliphatic heterocycles. The van der Waals surface area contributed by atoms with Gasteiger partial charge in [0.15, 0.2) is 0 Å². The molecule has 1 N–H and O–H groups in total. The van der Waals surface area contributed by atoms with Gasteiger partial charge < -0.3 is 5.32 Å². The molecule has 2 unspecified atom stereocenters. The summed E-state index contributed by atoms with van der Waals surface area (Å²) in [7, 11) is -0.986. The van der Waals surface area contributed by atoms with Gasteiger partial charge >= 0.3 is 0 Å². The number of rotatable bonds is 9. The maximum absolute atomic E-state index is 12.1. The number of hydrogen-bond donors (Lipinski definition) is 1. The zero-order valence-corrected chi connectivity index (χ0v) is 14.5. The second kappa shape index (κ2) is 9.78. The van der Waals surface area contributed by atoms with Crippen LogP contribution in [-0.4, -0.2) is 22.5 Å². The largest absolute Gasteiger partial charge is 0.314 e. The minimum Gasteiger partial charge on any atom is -0.314 e. The summed E-state index contributed by atoms with van der Waals surface area (Å²) >= 11 is 11.8. The van der Waals surface area contributed by atoms with Crippen molar-refractivity contribution < 1.29 is 4.21 Å². The zero-order chi connectivity index (χ0) is 15.0. The zero-order valence-electron chi connectivity index (χ0n) is 12.1. The van der Waals surface area contributed by atoms with Crippen molar-refractivity contribution >= 4 is 34.0 Å². The van der Waals surface area contributed by atoms with E-state index in [0.717, 1.165) is 37.1 Å². The van der Waals surface area contributed by atoms with E-state index in [1.54, 1.807) is 18.2 Å². The van der Waals surface area contributed by atoms with Crippen LogP contribution in [0.3, 0.4) is 0 Å². The van der Waals surface area contributed by atoms with Crippen molar-refractivity contribution in [2.45, 2.75) is 50.5 Å². The Balaban J connectivity index is 2.28. The molecule has 0 heterocycles. The van der Waals surface area contributed by atoms with Gasteiger partial charge in [-0.2, -0.15) is 0 Å². The molecule has 0 aromatic heterocycles. The first kappa shape index (κ1) is 18.0. The Morgan fingerprint density at radius 2 is 2.00 bits per heavy atom. The van der Waals surface area contributed by atoms with Crippen molar-refractivity contribution in [2.75, 3.05) is 12.3 Å². The van der Waals surface area contributed by atoms with Crippen molar-refractivity contribution in [3.8, 4) is 0 Å². The smallest absolute Gasteiger partial charge is 0.0604 e. The van der Waals surface area contributed by atoms with E-state index in [9.17, 15) is 4.21 Å². The van der Waals surface area contributed by atoms with E-state index in [-0.39, 0.29) is 0 Å². The molecule has 0 bridgehead atoms. The summed E-state index contributed by atoms with van der Waals surface area (Å²) in [5.74, 6) is 0.679. The minimum absolute atomic E-state index is 0.468. The molecular weight excluding hydrogens is 313 g/mol. The summed E-state index contributed by atoms with van der Waals surface area (Å²) in [6.45, 7) is 5.43. The fourth-order valence-corrected chi connectivity index (χ4v) is 3.45. The van der Waals surface area contributed by atoms with Gasteiger partial charge in [-0.1, -0.05) is 36.5 Å². The lowest BCUT2D eigenvalue weighted by Crippen LogP contribution is -2.26. The Morgan fingerprint density at radius 1 is 1.25 bits per heavy atom. The number of nitrogens with one attached hydrogen (secondary N) is 1. The number of unbranched alkanes of at least 4 members (excludes halogenated alkanes) is 1. The molecule has 0 saturated carbocycles. The van der Waals surface area contributed by atoms with Gasteiger partial charge in [-0.15, -0.1) is 0 Å². The van der Waals surface area contributed by atoms with Crippen LogP contribution in [0.25, 0.3) is 0 Å². The van der Waals surface area contributed by atoms with Crippen molar-refractivity contribution in [2.24, 2.45) is 0 Å². The predicted molar refractivity (Wildman–Crippen MR) is 89.3 cm³/mol. The summed E-state index contributed by atoms with van der Waals surface area (Å²) in [4.78, 5) is 0.761. The average Bonchev–Trinajstić information content (AvgIpc) is 2.44. The fourth-order valence-electron chi connectivity index (χ4n) is 1.91. The van der Waals surface area contributed by atoms with Crippen LogP contribution in [0.5, 0.6) is 0 Å². The van der Waals surface area contributed by atoms with Crippen molar-refractivity contribution in [3.05, 3.63) is 28.2 Å². The Kier molecular flexibility index (Phi) is 8.78. The molecule has 0 aliphatic rings. The first-order chi connectivity index (χ1) is 9.54. The quantitative estimate of drug-likeness (QED) is 0.665. The summed E-state index contributed by atoms with van der Waals surface area (Å²) in [6, 6.07) is 5.73. The van der Waals surface area contributed by atoms with E-state index in [0.29, 0.717) is 21.8 Å². The van der Waals surface area contributed by atoms with Crippen LogP contribution in [0.15, 0.2) is 23.1 Å². The molecule has 2 nitrogen and oxygen atoms in total. The van der Waals surface area contributed by atoms with Gasteiger partial charge in [0.25, 0.3) is 0 Å². The molecule has 0 aliphatic carbocycles. The van der Waals surface area contributed by atoms with Crippen LogP contribution >= 0.6 is 23.2 Å². The molecule has 114 valence electrons. The highest BCUT2D eigenvalue weighted by Crippen LogP contribution is 2.24. The Morgan fingerprint density at radius 3 is 2.65 bits per heavy atom. The number of hydrogen-bond acceptors (Lipinski definition) is 2. The monoisotopic (exact) mass is 335 g/mol. The topological polar surface area (TPSA) is 29.1 Å². The highest BCUT2D eigenvalue weighted by Gasteiger charge is 2.07. The molecular formula is C15H23Cl2NOS. The molecule has 2 atom stereocenters. The maximum atomic E-state index is 12.1. The predicted octanol–water partition coefficient (Wildman–Crippen LogP) is 4.66. The summed E-state index contributed by atoms with van der Waals surface area (Å²) < 4.78 is 12.1. The normalized spacial score (nSPS) is 14.2. The third-order valence-electron chi connectivity index (χ3n) is 3.11. The molecule has 1 aromatic carbocycles. The molecule has 0 spiro atoms. The van der Waals surface area contributed by atoms with Crippen molar-refractivity contribution in [3.63, 3.8) is 0 Å². The number of benzene rings is 1. The van der Waals surface area contributed by atoms with E-state index in [1.165, 1.54) is 0 Å². The Bertz CT molecular complexity index is 440. The highest BCUT2D eigenvalue weighted by molar-refractivity contribution is 7.85. The van der Waals surface area contributed by atoms with Crippen LogP contribution in [0.2, 0.25) is 10.0 Å². The molecule has 1 rings (SSSR count). The third-order valence-corrected chi connectivity index (χ3v) is 5.29. The van der Waals surface area contributed by atoms with Gasteiger partial charge in [-0.3, -0.25) is 4.21 Å². The molecule has 1 aromatic rings. The standard InChI is InChI=1S/C15H23Cl2NOS/c1-3-9-18-12(2)6-4-5-10-20(19)13-7-8-14(16)15(17)11-13/h7-8,11-12,18H,3-6,9-10H2,1-2H3. The van der Waals surface area contributed by atoms with Crippen LogP contribution in [0.1, 0.15) is 39.5 Å². The molecule has 20 heavy (non-hydrogen) atoms. The second-order valence-electron chi connectivity index (χ2n) is 4.98. The van der Waals surface area contributed by atoms with Crippen LogP contribution in [0.4, 0.5) is 0 Å². The fraction of sp³-hybridized carbons (Fsp3) is 0.600. The van der Waals surface area contributed by atoms with Crippen molar-refractivity contribution in [1.29, 1.82) is 0 Å². The van der Waals surface area contributed by atoms with E-state index >= 15 is 0 Å². The first-order valence-electron chi connectivity index (χ1n) is 7.11. The molecule has 0 fully saturated rings. The van der Waals surface area contributed by atoms with E-state index in [2.05, 4.69) is 19.2 Å². The summed E-state index contributed by atoms with van der Waals surface area (Å²) in [5.41, 5.74) is 0. The van der Waals surface area contributed by atoms with Crippen LogP contribution < -0.4 is 5.32 Å². The number of halogens is 2. The van der Waals surface area contributed by atoms with Gasteiger partial charge in [-0.05, 0) is 50.9 Å². The lowest BCUT2D eigenvalue weighted by Gasteiger charge is -2.12. The van der Waals surface area contributed by atoms with Crippen LogP contribution in [0, 0.1) is 0 Å². The molecule has 0 amide bonds. The van der Waals surface area contributed by atoms with Gasteiger partial charge in [-0.25, -0.2) is 0 Å². The lowest BCUT2D eigenvalue weighted by molar-refractivity contribution is 0.495. The van der Waals surface area contributed by atoms with E-state index in [1.807, 2.05) is 0 Å². The second-order valence-corrected chi connectivity index (χ2v) is 7.36. The van der Waals surface area contributed by atoms with Gasteiger partial charge in [0.2, 0.25) is 0 Å². The first-order valence-corrected chi connectivity index (χ1v) is 9.19. The van der Waals surface area contributed by atoms with Gasteiger partial charge in [0, 0.05) is 16.7 Å². The SMILES string of the molecule is CCCNC(C)CCCCS(=O)c1ccc(Cl)c(Cl)c1. The maximum Gasteiger partial charge on any atom is 0.0604 e. The molecule has 0 radical (unpaired) electrons. The van der Waals surface area contributed by atoms with Gasteiger partial charge in [0.1, 0.15) is 0 Å². The Labute approximate surface area is 134 Å². The molecule has 0 saturated heterocycles. The van der Waals surface area contributed by atoms with Gasteiger partial charge in [0.05, 0.1) is 20.8 Å². The van der Waals surface area contributed by atoms with Crippen LogP contribution in [-0.2, 0) is 10.8 Å². The highest BCUT2D eigenvalue weighted by atomic mass is 35.5. The summed E-state index contributed by atoms with van der Waals surface area (Å²) in [5, 5.41) is 4.43. The third kappa shape index (κ3) is 6.57. The lowest BCUT2D eigenvalue weighted by atomic mass is 10.1. The van der Waals surface area contributed by atoms with E-state index in [4.69, 9.17) is 23.2 Å². The average molecular weight is 336 g/mol. The van der Waals surface area contributed by atoms with E-state index < -0.39 is 10.8 Å². The minimum atomic E-state index is -0.986. The van der Waals surface area contributed by atoms with Crippen molar-refractivity contribution in [1.82, 2.24) is 5.32 Å². The summed E-state index contributed by atoms with van der Waals surface area (Å²) in [6.07, 6.45) is 4.33. The molecule has 5 heteroatoms.